The number of amides is 2. The third-order valence-electron chi connectivity index (χ3n) is 5.80. The fraction of sp³-hybridized carbons (Fsp3) is 0.333. The van der Waals surface area contributed by atoms with Gasteiger partial charge in [0, 0.05) is 32.2 Å². The lowest BCUT2D eigenvalue weighted by Crippen LogP contribution is -2.47. The Balaban J connectivity index is 1.77. The third kappa shape index (κ3) is 3.98. The van der Waals surface area contributed by atoms with E-state index in [4.69, 9.17) is 4.74 Å². The number of rotatable bonds is 6. The number of anilines is 1. The monoisotopic (exact) mass is 441 g/mol. The van der Waals surface area contributed by atoms with Gasteiger partial charge >= 0.3 is 0 Å². The van der Waals surface area contributed by atoms with E-state index in [1.54, 1.807) is 24.3 Å². The van der Waals surface area contributed by atoms with Gasteiger partial charge < -0.3 is 14.5 Å². The fourth-order valence-corrected chi connectivity index (χ4v) is 4.13. The van der Waals surface area contributed by atoms with Gasteiger partial charge in [0.1, 0.15) is 23.1 Å². The van der Waals surface area contributed by atoms with Crippen molar-refractivity contribution in [2.45, 2.75) is 13.8 Å². The lowest BCUT2D eigenvalue weighted by Gasteiger charge is -2.36. The average Bonchev–Trinajstić information content (AvgIpc) is 3.05. The SMILES string of the molecule is CCOc1ccc(C2=C(N3CCN(CC)CC3)C(=O)N(c3ccc(F)cc3F)C2=O)cc1. The summed E-state index contributed by atoms with van der Waals surface area (Å²) in [5, 5.41) is 0. The van der Waals surface area contributed by atoms with Crippen LogP contribution in [-0.2, 0) is 9.59 Å². The van der Waals surface area contributed by atoms with E-state index in [0.29, 0.717) is 37.1 Å². The summed E-state index contributed by atoms with van der Waals surface area (Å²) in [6.45, 7) is 8.00. The lowest BCUT2D eigenvalue weighted by atomic mass is 10.0. The van der Waals surface area contributed by atoms with Crippen LogP contribution >= 0.6 is 0 Å². The van der Waals surface area contributed by atoms with Gasteiger partial charge in [-0.05, 0) is 43.3 Å². The normalized spacial score (nSPS) is 17.5. The Morgan fingerprint density at radius 2 is 1.59 bits per heavy atom. The second-order valence-corrected chi connectivity index (χ2v) is 7.64. The topological polar surface area (TPSA) is 53.1 Å². The van der Waals surface area contributed by atoms with Gasteiger partial charge in [-0.25, -0.2) is 13.7 Å². The molecular formula is C24H25F2N3O3. The molecular weight excluding hydrogens is 416 g/mol. The van der Waals surface area contributed by atoms with Gasteiger partial charge in [0.05, 0.1) is 17.9 Å². The van der Waals surface area contributed by atoms with Crippen LogP contribution in [-0.4, -0.2) is 60.9 Å². The van der Waals surface area contributed by atoms with E-state index in [-0.39, 0.29) is 17.0 Å². The smallest absolute Gasteiger partial charge is 0.282 e. The molecule has 32 heavy (non-hydrogen) atoms. The van der Waals surface area contributed by atoms with Crippen LogP contribution < -0.4 is 9.64 Å². The summed E-state index contributed by atoms with van der Waals surface area (Å²) >= 11 is 0. The van der Waals surface area contributed by atoms with E-state index < -0.39 is 23.4 Å². The van der Waals surface area contributed by atoms with Crippen molar-refractivity contribution in [3.05, 3.63) is 65.4 Å². The molecule has 2 aromatic carbocycles. The number of carbonyl (C=O) groups is 2. The van der Waals surface area contributed by atoms with Crippen LogP contribution in [0.1, 0.15) is 19.4 Å². The first-order valence-corrected chi connectivity index (χ1v) is 10.7. The average molecular weight is 441 g/mol. The Labute approximate surface area is 185 Å². The Bertz CT molecular complexity index is 1060. The number of imide groups is 1. The molecule has 0 unspecified atom stereocenters. The standard InChI is InChI=1S/C24H25F2N3O3/c1-3-27-11-13-28(14-12-27)22-21(16-5-8-18(9-6-16)32-4-2)23(30)29(24(22)31)20-10-7-17(25)15-19(20)26/h5-10,15H,3-4,11-14H2,1-2H3. The van der Waals surface area contributed by atoms with Crippen molar-refractivity contribution >= 4 is 23.1 Å². The van der Waals surface area contributed by atoms with Gasteiger partial charge in [0.25, 0.3) is 11.8 Å². The molecule has 168 valence electrons. The lowest BCUT2D eigenvalue weighted by molar-refractivity contribution is -0.120. The van der Waals surface area contributed by atoms with E-state index in [9.17, 15) is 18.4 Å². The zero-order valence-corrected chi connectivity index (χ0v) is 18.1. The van der Waals surface area contributed by atoms with Crippen molar-refractivity contribution in [2.24, 2.45) is 0 Å². The largest absolute Gasteiger partial charge is 0.494 e. The highest BCUT2D eigenvalue weighted by Gasteiger charge is 2.43. The van der Waals surface area contributed by atoms with Crippen LogP contribution in [0.4, 0.5) is 14.5 Å². The second kappa shape index (κ2) is 9.08. The van der Waals surface area contributed by atoms with Gasteiger partial charge in [-0.3, -0.25) is 9.59 Å². The maximum atomic E-state index is 14.5. The first-order valence-electron chi connectivity index (χ1n) is 10.7. The number of benzene rings is 2. The highest BCUT2D eigenvalue weighted by molar-refractivity contribution is 6.45. The van der Waals surface area contributed by atoms with Crippen molar-refractivity contribution in [3.8, 4) is 5.75 Å². The van der Waals surface area contributed by atoms with Crippen LogP contribution in [0.3, 0.4) is 0 Å². The molecule has 0 saturated carbocycles. The maximum absolute atomic E-state index is 14.5. The molecule has 0 bridgehead atoms. The summed E-state index contributed by atoms with van der Waals surface area (Å²) in [6, 6.07) is 9.73. The molecule has 8 heteroatoms. The molecule has 0 N–H and O–H groups in total. The number of hydrogen-bond donors (Lipinski definition) is 0. The summed E-state index contributed by atoms with van der Waals surface area (Å²) in [5.74, 6) is -2.32. The predicted octanol–water partition coefficient (Wildman–Crippen LogP) is 3.29. The summed E-state index contributed by atoms with van der Waals surface area (Å²) < 4.78 is 33.5. The maximum Gasteiger partial charge on any atom is 0.282 e. The molecule has 2 amide bonds. The Morgan fingerprint density at radius 3 is 2.19 bits per heavy atom. The predicted molar refractivity (Wildman–Crippen MR) is 117 cm³/mol. The second-order valence-electron chi connectivity index (χ2n) is 7.64. The summed E-state index contributed by atoms with van der Waals surface area (Å²) in [6.07, 6.45) is 0. The van der Waals surface area contributed by atoms with E-state index >= 15 is 0 Å². The van der Waals surface area contributed by atoms with Crippen molar-refractivity contribution < 1.29 is 23.1 Å². The molecule has 2 heterocycles. The first-order chi connectivity index (χ1) is 15.4. The Hall–Kier alpha value is -3.26. The molecule has 2 aromatic rings. The highest BCUT2D eigenvalue weighted by atomic mass is 19.1. The zero-order chi connectivity index (χ0) is 22.8. The Morgan fingerprint density at radius 1 is 0.906 bits per heavy atom. The Kier molecular flexibility index (Phi) is 6.23. The van der Waals surface area contributed by atoms with Crippen LogP contribution in [0.5, 0.6) is 5.75 Å². The first kappa shape index (κ1) is 22.0. The van der Waals surface area contributed by atoms with E-state index in [0.717, 1.165) is 36.7 Å². The van der Waals surface area contributed by atoms with E-state index in [1.165, 1.54) is 0 Å². The number of piperazine rings is 1. The highest BCUT2D eigenvalue weighted by Crippen LogP contribution is 2.36. The molecule has 2 aliphatic rings. The van der Waals surface area contributed by atoms with Crippen LogP contribution in [0, 0.1) is 11.6 Å². The molecule has 6 nitrogen and oxygen atoms in total. The molecule has 2 aliphatic heterocycles. The fourth-order valence-electron chi connectivity index (χ4n) is 4.13. The number of ether oxygens (including phenoxy) is 1. The van der Waals surface area contributed by atoms with Crippen molar-refractivity contribution in [1.29, 1.82) is 0 Å². The molecule has 0 atom stereocenters. The molecule has 0 aliphatic carbocycles. The van der Waals surface area contributed by atoms with Crippen molar-refractivity contribution in [1.82, 2.24) is 9.80 Å². The minimum Gasteiger partial charge on any atom is -0.494 e. The summed E-state index contributed by atoms with van der Waals surface area (Å²) in [4.78, 5) is 31.9. The minimum atomic E-state index is -0.963. The summed E-state index contributed by atoms with van der Waals surface area (Å²) in [7, 11) is 0. The number of carbonyl (C=O) groups excluding carboxylic acids is 2. The molecule has 0 radical (unpaired) electrons. The zero-order valence-electron chi connectivity index (χ0n) is 18.1. The van der Waals surface area contributed by atoms with Crippen molar-refractivity contribution in [3.63, 3.8) is 0 Å². The van der Waals surface area contributed by atoms with Gasteiger partial charge in [-0.2, -0.15) is 0 Å². The van der Waals surface area contributed by atoms with Crippen LogP contribution in [0.25, 0.3) is 5.57 Å². The quantitative estimate of drug-likeness (QED) is 0.644. The van der Waals surface area contributed by atoms with E-state index in [1.807, 2.05) is 11.8 Å². The minimum absolute atomic E-state index is 0.215. The molecule has 0 aromatic heterocycles. The van der Waals surface area contributed by atoms with Gasteiger partial charge in [-0.15, -0.1) is 0 Å². The van der Waals surface area contributed by atoms with Crippen LogP contribution in [0.15, 0.2) is 48.2 Å². The van der Waals surface area contributed by atoms with Gasteiger partial charge in [0.2, 0.25) is 0 Å². The molecule has 1 fully saturated rings. The number of hydrogen-bond acceptors (Lipinski definition) is 5. The number of nitrogens with zero attached hydrogens (tertiary/aromatic N) is 3. The molecule has 1 saturated heterocycles. The van der Waals surface area contributed by atoms with E-state index in [2.05, 4.69) is 11.8 Å². The van der Waals surface area contributed by atoms with Gasteiger partial charge in [-0.1, -0.05) is 19.1 Å². The van der Waals surface area contributed by atoms with Crippen molar-refractivity contribution in [2.75, 3.05) is 44.2 Å². The molecule has 0 spiro atoms. The summed E-state index contributed by atoms with van der Waals surface area (Å²) in [5.41, 5.74) is 0.752. The number of likely N-dealkylation sites (N-methyl/N-ethyl adjacent to an activating group) is 1. The van der Waals surface area contributed by atoms with Crippen LogP contribution in [0.2, 0.25) is 0 Å². The third-order valence-corrected chi connectivity index (χ3v) is 5.80. The molecule has 4 rings (SSSR count). The number of halogens is 2. The van der Waals surface area contributed by atoms with Gasteiger partial charge in [0.15, 0.2) is 0 Å².